The van der Waals surface area contributed by atoms with Crippen LogP contribution in [-0.4, -0.2) is 188 Å². The Bertz CT molecular complexity index is 1470. The van der Waals surface area contributed by atoms with Crippen LogP contribution < -0.4 is 10.6 Å². The van der Waals surface area contributed by atoms with Gasteiger partial charge >= 0.3 is 12.1 Å². The molecular formula is C45H86Cl2N4O14. The summed E-state index contributed by atoms with van der Waals surface area (Å²) < 4.78 is 50.9. The number of esters is 1. The highest BCUT2D eigenvalue weighted by atomic mass is 35.5. The van der Waals surface area contributed by atoms with Crippen LogP contribution in [-0.2, 0) is 47.5 Å². The summed E-state index contributed by atoms with van der Waals surface area (Å²) in [6.07, 6.45) is -9.73. The number of methoxy groups -OCH3 is 2. The van der Waals surface area contributed by atoms with Gasteiger partial charge in [-0.1, -0.05) is 34.6 Å². The second-order valence-electron chi connectivity index (χ2n) is 19.1. The molecule has 2 amide bonds. The predicted molar refractivity (Wildman–Crippen MR) is 249 cm³/mol. The fraction of sp³-hybridized carbons (Fsp3) is 0.933. The molecule has 18 atom stereocenters. The number of aliphatic hydroxyl groups excluding tert-OH is 2. The third-order valence-corrected chi connectivity index (χ3v) is 13.9. The van der Waals surface area contributed by atoms with Crippen molar-refractivity contribution in [2.24, 2.45) is 17.8 Å². The minimum absolute atomic E-state index is 0. The number of aliphatic hydroxyl groups is 3. The standard InChI is InChI=1S/C45H84N4O14.2ClH/c1-17-32-45(12,55)36(51)29(8)47-39(52)25(4)23-43(10,56-15)37(62-41-34(50)31(48(13)14)22-26(5)58-41)27(6)35(28(7)40(53)60-32)61-33-24-44(11,57-16)38(30(9)59-33)63-42(54)46-20-21-49(18-2)19-3;;/h25-38,41,50-51,55H,17-24H2,1-16H3,(H,46,54)(H,47,52);2*1H/t25-,26-,27+,28-,29-,30+,31+,32-,33+,34-,35+,36-,37-,38+,41+,43-,44-,45-;;/m1../s1. The average molecular weight is 978 g/mol. The molecule has 0 aliphatic carbocycles. The van der Waals surface area contributed by atoms with Crippen LogP contribution in [0.2, 0.25) is 0 Å². The van der Waals surface area contributed by atoms with E-state index in [1.165, 1.54) is 21.1 Å². The van der Waals surface area contributed by atoms with E-state index in [1.54, 1.807) is 48.5 Å². The summed E-state index contributed by atoms with van der Waals surface area (Å²) in [5.41, 5.74) is -4.38. The van der Waals surface area contributed by atoms with E-state index >= 15 is 0 Å². The molecule has 0 radical (unpaired) electrons. The molecule has 3 heterocycles. The Kier molecular flexibility index (Phi) is 24.9. The number of hydrogen-bond acceptors (Lipinski definition) is 16. The van der Waals surface area contributed by atoms with Crippen LogP contribution >= 0.6 is 24.8 Å². The SMILES string of the molecule is CC[C@H]1OC(=O)[C@H](C)[C@@H](O[C@H]2C[C@@](C)(OC)[C@@H](OC(=O)NCCN(CC)CC)[C@H](C)O2)[C@H](C)[C@@H](O[C@@H]2O[C@H](C)C[C@H](N(C)C)[C@H]2O)[C@](C)(OC)C[C@@H](C)C(=O)N[C@H](C)[C@@H](O)[C@]1(C)O.Cl.Cl. The lowest BCUT2D eigenvalue weighted by Crippen LogP contribution is -2.61. The highest BCUT2D eigenvalue weighted by molar-refractivity contribution is 5.85. The second kappa shape index (κ2) is 26.4. The molecule has 3 fully saturated rings. The van der Waals surface area contributed by atoms with Gasteiger partial charge in [-0.05, 0) is 94.9 Å². The summed E-state index contributed by atoms with van der Waals surface area (Å²) in [4.78, 5) is 45.6. The van der Waals surface area contributed by atoms with Crippen molar-refractivity contribution in [3.05, 3.63) is 0 Å². The van der Waals surface area contributed by atoms with E-state index in [0.717, 1.165) is 13.1 Å². The number of likely N-dealkylation sites (N-methyl/N-ethyl adjacent to an activating group) is 2. The molecule has 3 saturated heterocycles. The number of carbonyl (C=O) groups excluding carboxylic acids is 3. The smallest absolute Gasteiger partial charge is 0.407 e. The van der Waals surface area contributed by atoms with E-state index in [0.29, 0.717) is 19.5 Å². The zero-order valence-electron chi connectivity index (χ0n) is 41.9. The van der Waals surface area contributed by atoms with Crippen molar-refractivity contribution in [3.63, 3.8) is 0 Å². The molecule has 20 heteroatoms. The lowest BCUT2D eigenvalue weighted by atomic mass is 9.77. The molecule has 3 rings (SSSR count). The van der Waals surface area contributed by atoms with Crippen LogP contribution in [0.1, 0.15) is 109 Å². The van der Waals surface area contributed by atoms with E-state index in [1.807, 2.05) is 32.8 Å². The molecule has 3 aliphatic rings. The lowest BCUT2D eigenvalue weighted by Gasteiger charge is -2.49. The number of cyclic esters (lactones) is 1. The maximum atomic E-state index is 14.5. The molecule has 5 N–H and O–H groups in total. The molecule has 384 valence electrons. The van der Waals surface area contributed by atoms with Gasteiger partial charge in [0.05, 0.1) is 42.0 Å². The topological polar surface area (TPSA) is 216 Å². The molecule has 3 aliphatic heterocycles. The molecule has 18 nitrogen and oxygen atoms in total. The van der Waals surface area contributed by atoms with Crippen molar-refractivity contribution >= 4 is 42.8 Å². The maximum absolute atomic E-state index is 14.5. The minimum Gasteiger partial charge on any atom is -0.459 e. The first-order chi connectivity index (χ1) is 29.3. The van der Waals surface area contributed by atoms with Gasteiger partial charge in [0, 0.05) is 51.6 Å². The molecule has 0 spiro atoms. The van der Waals surface area contributed by atoms with Crippen molar-refractivity contribution in [1.82, 2.24) is 20.4 Å². The summed E-state index contributed by atoms with van der Waals surface area (Å²) in [5, 5.41) is 40.6. The van der Waals surface area contributed by atoms with Crippen LogP contribution in [0.25, 0.3) is 0 Å². The fourth-order valence-corrected chi connectivity index (χ4v) is 9.64. The summed E-state index contributed by atoms with van der Waals surface area (Å²) in [6, 6.07) is -1.26. The minimum atomic E-state index is -1.97. The van der Waals surface area contributed by atoms with E-state index in [-0.39, 0.29) is 56.2 Å². The molecule has 0 aromatic rings. The quantitative estimate of drug-likeness (QED) is 0.157. The average Bonchev–Trinajstić information content (AvgIpc) is 3.23. The van der Waals surface area contributed by atoms with E-state index < -0.39 is 114 Å². The van der Waals surface area contributed by atoms with Gasteiger partial charge < -0.3 is 73.6 Å². The third-order valence-electron chi connectivity index (χ3n) is 13.9. The summed E-state index contributed by atoms with van der Waals surface area (Å²) in [5.74, 6) is -3.73. The number of hydrogen-bond donors (Lipinski definition) is 5. The van der Waals surface area contributed by atoms with Gasteiger partial charge in [-0.2, -0.15) is 0 Å². The van der Waals surface area contributed by atoms with Crippen LogP contribution in [0, 0.1) is 17.8 Å². The van der Waals surface area contributed by atoms with Gasteiger partial charge in [0.15, 0.2) is 18.7 Å². The first-order valence-electron chi connectivity index (χ1n) is 23.0. The lowest BCUT2D eigenvalue weighted by molar-refractivity contribution is -0.318. The first kappa shape index (κ1) is 61.4. The van der Waals surface area contributed by atoms with Crippen molar-refractivity contribution in [3.8, 4) is 0 Å². The molecule has 0 aromatic heterocycles. The molecule has 0 saturated carbocycles. The number of rotatable bonds is 14. The van der Waals surface area contributed by atoms with Gasteiger partial charge in [-0.3, -0.25) is 9.59 Å². The molecular weight excluding hydrogens is 891 g/mol. The van der Waals surface area contributed by atoms with E-state index in [4.69, 9.17) is 37.9 Å². The van der Waals surface area contributed by atoms with E-state index in [2.05, 4.69) is 29.4 Å². The van der Waals surface area contributed by atoms with Gasteiger partial charge in [0.1, 0.15) is 29.5 Å². The number of amides is 2. The molecule has 0 aromatic carbocycles. The Balaban J connectivity index is 0.0000106. The van der Waals surface area contributed by atoms with Crippen LogP contribution in [0.15, 0.2) is 0 Å². The number of nitrogens with one attached hydrogen (secondary N) is 2. The Labute approximate surface area is 400 Å². The Hall–Kier alpha value is -1.65. The second-order valence-corrected chi connectivity index (χ2v) is 19.1. The van der Waals surface area contributed by atoms with Crippen molar-refractivity contribution < 1.29 is 67.6 Å². The van der Waals surface area contributed by atoms with Crippen LogP contribution in [0.5, 0.6) is 0 Å². The van der Waals surface area contributed by atoms with Gasteiger partial charge in [-0.15, -0.1) is 24.8 Å². The Morgan fingerprint density at radius 2 is 1.48 bits per heavy atom. The summed E-state index contributed by atoms with van der Waals surface area (Å²) in [6.45, 7) is 24.0. The number of carbonyl (C=O) groups is 3. The largest absolute Gasteiger partial charge is 0.459 e. The van der Waals surface area contributed by atoms with E-state index in [9.17, 15) is 29.7 Å². The predicted octanol–water partition coefficient (Wildman–Crippen LogP) is 3.66. The highest BCUT2D eigenvalue weighted by Crippen LogP contribution is 2.41. The first-order valence-corrected chi connectivity index (χ1v) is 23.0. The summed E-state index contributed by atoms with van der Waals surface area (Å²) in [7, 11) is 6.77. The van der Waals surface area contributed by atoms with Gasteiger partial charge in [0.25, 0.3) is 0 Å². The zero-order valence-corrected chi connectivity index (χ0v) is 43.5. The number of nitrogens with zero attached hydrogens (tertiary/aromatic N) is 2. The zero-order chi connectivity index (χ0) is 47.8. The van der Waals surface area contributed by atoms with Crippen LogP contribution in [0.4, 0.5) is 4.79 Å². The molecule has 65 heavy (non-hydrogen) atoms. The third kappa shape index (κ3) is 15.2. The van der Waals surface area contributed by atoms with Gasteiger partial charge in [0.2, 0.25) is 5.91 Å². The monoisotopic (exact) mass is 977 g/mol. The van der Waals surface area contributed by atoms with Gasteiger partial charge in [-0.25, -0.2) is 4.79 Å². The normalized spacial score (nSPS) is 41.2. The Morgan fingerprint density at radius 1 is 0.892 bits per heavy atom. The summed E-state index contributed by atoms with van der Waals surface area (Å²) >= 11 is 0. The van der Waals surface area contributed by atoms with Crippen molar-refractivity contribution in [2.75, 3.05) is 54.5 Å². The van der Waals surface area contributed by atoms with Crippen molar-refractivity contribution in [1.29, 1.82) is 0 Å². The number of alkyl carbamates (subject to hydrolysis) is 1. The number of ether oxygens (including phenoxy) is 8. The molecule has 0 bridgehead atoms. The van der Waals surface area contributed by atoms with Crippen LogP contribution in [0.3, 0.4) is 0 Å². The number of halogens is 2. The fourth-order valence-electron chi connectivity index (χ4n) is 9.64. The Morgan fingerprint density at radius 3 is 2.02 bits per heavy atom. The maximum Gasteiger partial charge on any atom is 0.407 e. The molecule has 0 unspecified atom stereocenters. The highest BCUT2D eigenvalue weighted by Gasteiger charge is 2.54. The van der Waals surface area contributed by atoms with Crippen molar-refractivity contribution in [2.45, 2.75) is 199 Å².